The monoisotopic (exact) mass is 667 g/mol. The molecule has 2 bridgehead atoms. The third kappa shape index (κ3) is 10.6. The average Bonchev–Trinajstić information content (AvgIpc) is 3.73. The zero-order valence-corrected chi connectivity index (χ0v) is 27.2. The third-order valence-electron chi connectivity index (χ3n) is 7.93. The Hall–Kier alpha value is -4.85. The zero-order chi connectivity index (χ0) is 34.6. The highest BCUT2D eigenvalue weighted by atomic mass is 19.1. The molecule has 1 saturated heterocycles. The largest absolute Gasteiger partial charge is 0.460 e. The molecule has 4 rings (SSSR count). The highest BCUT2D eigenvalue weighted by Gasteiger charge is 2.39. The standard InChI is InChI=1S/C34H42FN5O8/c1-21-8-6-14-37-29(42)12-11-22(2)31(23(3)19-47-34(45)39-28-10-4-5-13-36-28)48-33(44)27-9-7-15-40(27)32(43)26-20-46-30(38-26)18-24(35)17-25(41)16-21/h4-6,8,10-13,16,20,22-25,27,31,41H,7,9,14-15,17-19H2,1-3H3,(H,37,42)(H,36,39,45)/b8-6?,12-11+,21-16?/t22-,23-,24-,25-,27-,31+/m1/s1. The van der Waals surface area contributed by atoms with Crippen molar-refractivity contribution in [3.8, 4) is 0 Å². The van der Waals surface area contributed by atoms with Gasteiger partial charge in [-0.3, -0.25) is 14.9 Å². The van der Waals surface area contributed by atoms with Crippen LogP contribution < -0.4 is 10.6 Å². The maximum atomic E-state index is 14.8. The van der Waals surface area contributed by atoms with Gasteiger partial charge in [0.15, 0.2) is 11.6 Å². The molecule has 0 aromatic carbocycles. The van der Waals surface area contributed by atoms with E-state index in [2.05, 4.69) is 20.6 Å². The molecule has 0 saturated carbocycles. The lowest BCUT2D eigenvalue weighted by Gasteiger charge is -2.30. The van der Waals surface area contributed by atoms with Gasteiger partial charge in [-0.15, -0.1) is 0 Å². The summed E-state index contributed by atoms with van der Waals surface area (Å²) in [6, 6.07) is 4.10. The molecule has 0 radical (unpaired) electrons. The molecule has 2 aromatic heterocycles. The molecule has 1 fully saturated rings. The molecule has 3 amide bonds. The molecule has 2 aliphatic rings. The molecule has 2 aromatic rings. The third-order valence-corrected chi connectivity index (χ3v) is 7.93. The summed E-state index contributed by atoms with van der Waals surface area (Å²) in [4.78, 5) is 61.6. The summed E-state index contributed by atoms with van der Waals surface area (Å²) < 4.78 is 31.5. The van der Waals surface area contributed by atoms with E-state index in [0.29, 0.717) is 24.2 Å². The number of ether oxygens (including phenoxy) is 2. The van der Waals surface area contributed by atoms with Gasteiger partial charge in [0, 0.05) is 37.5 Å². The summed E-state index contributed by atoms with van der Waals surface area (Å²) >= 11 is 0. The van der Waals surface area contributed by atoms with Crippen LogP contribution in [0.25, 0.3) is 0 Å². The van der Waals surface area contributed by atoms with E-state index in [9.17, 15) is 28.7 Å². The van der Waals surface area contributed by atoms with Crippen LogP contribution in [0, 0.1) is 11.8 Å². The number of fused-ring (bicyclic) bond motifs is 3. The molecule has 3 N–H and O–H groups in total. The molecule has 0 unspecified atom stereocenters. The van der Waals surface area contributed by atoms with E-state index in [-0.39, 0.29) is 44.1 Å². The minimum absolute atomic E-state index is 0.00677. The Morgan fingerprint density at radius 3 is 2.85 bits per heavy atom. The van der Waals surface area contributed by atoms with E-state index in [1.54, 1.807) is 57.2 Å². The number of anilines is 1. The van der Waals surface area contributed by atoms with Gasteiger partial charge in [-0.2, -0.15) is 0 Å². The lowest BCUT2D eigenvalue weighted by Crippen LogP contribution is -2.44. The number of aliphatic hydroxyl groups excluding tert-OH is 1. The number of aliphatic hydroxyl groups is 1. The number of halogens is 1. The van der Waals surface area contributed by atoms with Gasteiger partial charge in [0.2, 0.25) is 5.91 Å². The summed E-state index contributed by atoms with van der Waals surface area (Å²) in [5.41, 5.74) is 0.599. The molecule has 4 heterocycles. The molecule has 48 heavy (non-hydrogen) atoms. The van der Waals surface area contributed by atoms with Crippen LogP contribution in [0.1, 0.15) is 56.4 Å². The van der Waals surface area contributed by atoms with Crippen LogP contribution in [-0.2, 0) is 25.5 Å². The highest BCUT2D eigenvalue weighted by Crippen LogP contribution is 2.26. The fraction of sp³-hybridized carbons (Fsp3) is 0.471. The van der Waals surface area contributed by atoms with Crippen molar-refractivity contribution >= 4 is 29.7 Å². The van der Waals surface area contributed by atoms with E-state index in [0.717, 1.165) is 6.26 Å². The van der Waals surface area contributed by atoms with E-state index in [4.69, 9.17) is 13.9 Å². The molecular weight excluding hydrogens is 625 g/mol. The quantitative estimate of drug-likeness (QED) is 0.406. The van der Waals surface area contributed by atoms with Crippen molar-refractivity contribution in [2.75, 3.05) is 25.0 Å². The van der Waals surface area contributed by atoms with Crippen molar-refractivity contribution in [3.63, 3.8) is 0 Å². The zero-order valence-electron chi connectivity index (χ0n) is 27.2. The number of hydrogen-bond acceptors (Lipinski definition) is 10. The smallest absolute Gasteiger partial charge is 0.412 e. The topological polar surface area (TPSA) is 173 Å². The van der Waals surface area contributed by atoms with E-state index >= 15 is 0 Å². The van der Waals surface area contributed by atoms with Crippen molar-refractivity contribution in [1.29, 1.82) is 0 Å². The number of oxazole rings is 1. The van der Waals surface area contributed by atoms with E-state index in [1.165, 1.54) is 23.2 Å². The first-order chi connectivity index (χ1) is 23.0. The highest BCUT2D eigenvalue weighted by molar-refractivity contribution is 5.95. The first-order valence-corrected chi connectivity index (χ1v) is 15.9. The van der Waals surface area contributed by atoms with Gasteiger partial charge in [0.1, 0.15) is 30.4 Å². The molecule has 0 spiro atoms. The number of rotatable bonds is 4. The van der Waals surface area contributed by atoms with Gasteiger partial charge >= 0.3 is 12.1 Å². The number of esters is 1. The van der Waals surface area contributed by atoms with Crippen molar-refractivity contribution in [2.24, 2.45) is 11.8 Å². The Labute approximate surface area is 278 Å². The first-order valence-electron chi connectivity index (χ1n) is 15.9. The number of amides is 3. The maximum Gasteiger partial charge on any atom is 0.412 e. The van der Waals surface area contributed by atoms with Crippen LogP contribution in [0.4, 0.5) is 15.0 Å². The fourth-order valence-corrected chi connectivity index (χ4v) is 5.51. The predicted molar refractivity (Wildman–Crippen MR) is 172 cm³/mol. The molecular formula is C34H42FN5O8. The molecule has 0 aliphatic carbocycles. The van der Waals surface area contributed by atoms with Gasteiger partial charge in [0.05, 0.1) is 19.1 Å². The number of hydrogen-bond donors (Lipinski definition) is 3. The number of nitrogens with one attached hydrogen (secondary N) is 2. The molecule has 14 heteroatoms. The number of carbonyl (C=O) groups excluding carboxylic acids is 4. The van der Waals surface area contributed by atoms with Crippen LogP contribution in [-0.4, -0.2) is 88.0 Å². The minimum Gasteiger partial charge on any atom is -0.460 e. The van der Waals surface area contributed by atoms with E-state index in [1.807, 2.05) is 0 Å². The van der Waals surface area contributed by atoms with E-state index < -0.39 is 60.1 Å². The lowest BCUT2D eigenvalue weighted by atomic mass is 9.93. The van der Waals surface area contributed by atoms with Gasteiger partial charge in [-0.05, 0) is 38.0 Å². The van der Waals surface area contributed by atoms with Crippen molar-refractivity contribution in [3.05, 3.63) is 78.2 Å². The number of aromatic nitrogens is 2. The SMILES string of the molecule is CC1=C[C@@H](O)C[C@@H](F)Cc2nc(co2)C(=O)N2CCC[C@@H]2C(=O)O[C@H]([C@H](C)COC(=O)Nc2ccccn2)[C@H](C)/C=C/C(=O)NCC=C1. The normalized spacial score (nSPS) is 26.0. The second kappa shape index (κ2) is 17.3. The number of cyclic esters (lactones) is 1. The second-order valence-corrected chi connectivity index (χ2v) is 12.0. The number of alkyl halides is 1. The second-order valence-electron chi connectivity index (χ2n) is 12.0. The lowest BCUT2D eigenvalue weighted by molar-refractivity contribution is -0.159. The first kappa shape index (κ1) is 36.0. The van der Waals surface area contributed by atoms with Gasteiger partial charge in [-0.25, -0.2) is 23.9 Å². The number of nitrogens with zero attached hydrogens (tertiary/aromatic N) is 3. The Morgan fingerprint density at radius 2 is 2.08 bits per heavy atom. The summed E-state index contributed by atoms with van der Waals surface area (Å²) in [7, 11) is 0. The number of pyridine rings is 1. The van der Waals surface area contributed by atoms with Crippen LogP contribution in [0.2, 0.25) is 0 Å². The number of carbonyl (C=O) groups is 4. The predicted octanol–water partition coefficient (Wildman–Crippen LogP) is 3.93. The molecule has 258 valence electrons. The molecule has 6 atom stereocenters. The van der Waals surface area contributed by atoms with Crippen LogP contribution in [0.15, 0.2) is 71.0 Å². The van der Waals surface area contributed by atoms with Crippen molar-refractivity contribution < 1.29 is 42.6 Å². The average molecular weight is 668 g/mol. The van der Waals surface area contributed by atoms with Gasteiger partial charge in [-0.1, -0.05) is 49.8 Å². The van der Waals surface area contributed by atoms with Crippen LogP contribution >= 0.6 is 0 Å². The van der Waals surface area contributed by atoms with Crippen molar-refractivity contribution in [2.45, 2.75) is 70.9 Å². The fourth-order valence-electron chi connectivity index (χ4n) is 5.51. The van der Waals surface area contributed by atoms with Gasteiger partial charge in [0.25, 0.3) is 5.91 Å². The summed E-state index contributed by atoms with van der Waals surface area (Å²) in [6.07, 6.45) is 6.72. The van der Waals surface area contributed by atoms with Crippen molar-refractivity contribution in [1.82, 2.24) is 20.2 Å². The molecule has 2 aliphatic heterocycles. The Bertz CT molecular complexity index is 1510. The minimum atomic E-state index is -1.50. The Balaban J connectivity index is 1.54. The van der Waals surface area contributed by atoms with Gasteiger partial charge < -0.3 is 29.2 Å². The Kier molecular flexibility index (Phi) is 13.0. The summed E-state index contributed by atoms with van der Waals surface area (Å²) in [6.45, 7) is 5.58. The number of allylic oxidation sites excluding steroid dienone is 2. The summed E-state index contributed by atoms with van der Waals surface area (Å²) in [5, 5.41) is 15.6. The van der Waals surface area contributed by atoms with Crippen LogP contribution in [0.5, 0.6) is 0 Å². The maximum absolute atomic E-state index is 14.8. The van der Waals surface area contributed by atoms with Crippen LogP contribution in [0.3, 0.4) is 0 Å². The molecule has 13 nitrogen and oxygen atoms in total. The Morgan fingerprint density at radius 1 is 1.27 bits per heavy atom. The summed E-state index contributed by atoms with van der Waals surface area (Å²) in [5.74, 6) is -2.34.